The second kappa shape index (κ2) is 12.3. The molecule has 2 N–H and O–H groups in total. The lowest BCUT2D eigenvalue weighted by atomic mass is 10.1. The molecule has 42 heavy (non-hydrogen) atoms. The number of aromatic nitrogens is 4. The molecular weight excluding hydrogens is 569 g/mol. The number of ether oxygens (including phenoxy) is 1. The lowest BCUT2D eigenvalue weighted by Gasteiger charge is -2.21. The van der Waals surface area contributed by atoms with E-state index in [1.165, 1.54) is 60.9 Å². The van der Waals surface area contributed by atoms with Gasteiger partial charge in [0.25, 0.3) is 5.91 Å². The molecule has 218 valence electrons. The van der Waals surface area contributed by atoms with Crippen molar-refractivity contribution in [2.75, 3.05) is 15.7 Å². The van der Waals surface area contributed by atoms with Gasteiger partial charge in [-0.1, -0.05) is 24.8 Å². The van der Waals surface area contributed by atoms with E-state index in [0.29, 0.717) is 22.9 Å². The standard InChI is InChI=1S/C26H20F5N7O4/c1-3-21(39)38(42-23(40)26(29,30)31)18-6-4-5-16(11-18)34-22-20(15-7-9-19(10-8-15)41-24(27)28)13-32-25(36-22)35-17-12-33-37(2)14-17/h3-14,24H,1H2,2H3,(H2,32,34,35,36). The maximum atomic E-state index is 12.8. The number of hydrogen-bond acceptors (Lipinski definition) is 9. The third-order valence-electron chi connectivity index (χ3n) is 5.26. The van der Waals surface area contributed by atoms with Gasteiger partial charge in [-0.3, -0.25) is 9.48 Å². The lowest BCUT2D eigenvalue weighted by Crippen LogP contribution is -2.37. The Morgan fingerprint density at radius 2 is 1.81 bits per heavy atom. The summed E-state index contributed by atoms with van der Waals surface area (Å²) in [6.07, 6.45) is -0.0470. The lowest BCUT2D eigenvalue weighted by molar-refractivity contribution is -0.201. The number of aryl methyl sites for hydroxylation is 1. The van der Waals surface area contributed by atoms with Gasteiger partial charge in [0.1, 0.15) is 11.6 Å². The average molecular weight is 589 g/mol. The highest BCUT2D eigenvalue weighted by Crippen LogP contribution is 2.32. The van der Waals surface area contributed by atoms with Crippen molar-refractivity contribution in [3.05, 3.63) is 79.8 Å². The molecule has 0 aliphatic rings. The smallest absolute Gasteiger partial charge is 0.435 e. The van der Waals surface area contributed by atoms with Crippen molar-refractivity contribution in [3.8, 4) is 16.9 Å². The summed E-state index contributed by atoms with van der Waals surface area (Å²) in [5.74, 6) is -3.52. The summed E-state index contributed by atoms with van der Waals surface area (Å²) >= 11 is 0. The first-order valence-corrected chi connectivity index (χ1v) is 11.7. The Hall–Kier alpha value is -5.54. The molecular formula is C26H20F5N7O4. The van der Waals surface area contributed by atoms with Crippen molar-refractivity contribution >= 4 is 40.7 Å². The number of carbonyl (C=O) groups is 2. The Morgan fingerprint density at radius 1 is 1.07 bits per heavy atom. The molecule has 11 nitrogen and oxygen atoms in total. The molecule has 0 spiro atoms. The van der Waals surface area contributed by atoms with Gasteiger partial charge in [-0.15, -0.1) is 5.06 Å². The molecule has 0 saturated carbocycles. The number of amides is 1. The quantitative estimate of drug-likeness (QED) is 0.148. The molecule has 0 atom stereocenters. The largest absolute Gasteiger partial charge is 0.493 e. The van der Waals surface area contributed by atoms with Gasteiger partial charge in [-0.25, -0.2) is 9.78 Å². The summed E-state index contributed by atoms with van der Waals surface area (Å²) in [5.41, 5.74) is 1.42. The molecule has 2 aromatic carbocycles. The van der Waals surface area contributed by atoms with Gasteiger partial charge < -0.3 is 20.2 Å². The SMILES string of the molecule is C=CC(=O)N(OC(=O)C(F)(F)F)c1cccc(Nc2nc(Nc3cnn(C)c3)ncc2-c2ccc(OC(F)F)cc2)c1. The number of alkyl halides is 5. The van der Waals surface area contributed by atoms with E-state index in [4.69, 9.17) is 0 Å². The number of hydrogen-bond donors (Lipinski definition) is 2. The predicted octanol–water partition coefficient (Wildman–Crippen LogP) is 5.51. The molecule has 0 aliphatic carbocycles. The highest BCUT2D eigenvalue weighted by molar-refractivity contribution is 6.01. The minimum absolute atomic E-state index is 0.0767. The van der Waals surface area contributed by atoms with Crippen LogP contribution in [0.25, 0.3) is 11.1 Å². The molecule has 0 fully saturated rings. The molecule has 2 heterocycles. The van der Waals surface area contributed by atoms with Crippen molar-refractivity contribution in [1.29, 1.82) is 0 Å². The molecule has 0 saturated heterocycles. The molecule has 16 heteroatoms. The van der Waals surface area contributed by atoms with Gasteiger partial charge in [0.05, 0.1) is 17.6 Å². The van der Waals surface area contributed by atoms with E-state index < -0.39 is 24.7 Å². The van der Waals surface area contributed by atoms with Gasteiger partial charge in [0.15, 0.2) is 0 Å². The van der Waals surface area contributed by atoms with E-state index in [1.807, 2.05) is 0 Å². The number of rotatable bonds is 9. The number of carbonyl (C=O) groups excluding carboxylic acids is 2. The summed E-state index contributed by atoms with van der Waals surface area (Å²) in [6.45, 7) is 0.210. The van der Waals surface area contributed by atoms with Crippen molar-refractivity contribution in [2.45, 2.75) is 12.8 Å². The van der Waals surface area contributed by atoms with Gasteiger partial charge in [-0.2, -0.15) is 32.0 Å². The van der Waals surface area contributed by atoms with Gasteiger partial charge in [-0.05, 0) is 42.0 Å². The molecule has 0 bridgehead atoms. The van der Waals surface area contributed by atoms with Crippen LogP contribution < -0.4 is 20.4 Å². The van der Waals surface area contributed by atoms with Crippen LogP contribution in [0, 0.1) is 0 Å². The molecule has 0 aliphatic heterocycles. The highest BCUT2D eigenvalue weighted by atomic mass is 19.4. The minimum atomic E-state index is -5.36. The summed E-state index contributed by atoms with van der Waals surface area (Å²) in [6, 6.07) is 11.0. The van der Waals surface area contributed by atoms with E-state index in [2.05, 4.69) is 41.9 Å². The van der Waals surface area contributed by atoms with Crippen LogP contribution in [0.3, 0.4) is 0 Å². The molecule has 1 amide bonds. The van der Waals surface area contributed by atoms with Crippen LogP contribution in [0.5, 0.6) is 5.75 Å². The van der Waals surface area contributed by atoms with E-state index in [0.717, 1.165) is 0 Å². The third kappa shape index (κ3) is 7.35. The maximum absolute atomic E-state index is 12.8. The van der Waals surface area contributed by atoms with Crippen LogP contribution in [0.1, 0.15) is 0 Å². The first-order valence-electron chi connectivity index (χ1n) is 11.7. The Balaban J connectivity index is 1.70. The number of halogens is 5. The molecule has 0 radical (unpaired) electrons. The second-order valence-corrected chi connectivity index (χ2v) is 8.28. The Bertz CT molecular complexity index is 1590. The summed E-state index contributed by atoms with van der Waals surface area (Å²) in [5, 5.41) is 10.2. The average Bonchev–Trinajstić information content (AvgIpc) is 3.35. The number of anilines is 5. The third-order valence-corrected chi connectivity index (χ3v) is 5.26. The van der Waals surface area contributed by atoms with E-state index in [-0.39, 0.29) is 34.0 Å². The van der Waals surface area contributed by atoms with E-state index >= 15 is 0 Å². The Morgan fingerprint density at radius 3 is 2.43 bits per heavy atom. The number of hydroxylamine groups is 1. The topological polar surface area (TPSA) is 124 Å². The predicted molar refractivity (Wildman–Crippen MR) is 140 cm³/mol. The zero-order chi connectivity index (χ0) is 30.4. The van der Waals surface area contributed by atoms with E-state index in [1.54, 1.807) is 17.9 Å². The second-order valence-electron chi connectivity index (χ2n) is 8.28. The van der Waals surface area contributed by atoms with Crippen LogP contribution in [-0.4, -0.2) is 44.4 Å². The van der Waals surface area contributed by atoms with Crippen molar-refractivity contribution in [3.63, 3.8) is 0 Å². The first kappa shape index (κ1) is 29.4. The first-order chi connectivity index (χ1) is 19.9. The molecule has 0 unspecified atom stereocenters. The Labute approximate surface area is 234 Å². The van der Waals surface area contributed by atoms with Crippen LogP contribution in [-0.2, 0) is 21.5 Å². The van der Waals surface area contributed by atoms with Crippen LogP contribution in [0.4, 0.5) is 50.8 Å². The van der Waals surface area contributed by atoms with Crippen LogP contribution in [0.15, 0.2) is 79.8 Å². The summed E-state index contributed by atoms with van der Waals surface area (Å²) in [7, 11) is 1.71. The van der Waals surface area contributed by atoms with Crippen molar-refractivity contribution in [1.82, 2.24) is 19.7 Å². The van der Waals surface area contributed by atoms with Crippen molar-refractivity contribution < 1.29 is 41.1 Å². The monoisotopic (exact) mass is 589 g/mol. The van der Waals surface area contributed by atoms with Gasteiger partial charge in [0.2, 0.25) is 5.95 Å². The van der Waals surface area contributed by atoms with E-state index in [9.17, 15) is 31.5 Å². The van der Waals surface area contributed by atoms with Crippen LogP contribution in [0.2, 0.25) is 0 Å². The van der Waals surface area contributed by atoms with Gasteiger partial charge in [0, 0.05) is 30.7 Å². The summed E-state index contributed by atoms with van der Waals surface area (Å²) < 4.78 is 69.6. The maximum Gasteiger partial charge on any atom is 0.493 e. The normalized spacial score (nSPS) is 11.1. The number of benzene rings is 2. The number of nitrogens with zero attached hydrogens (tertiary/aromatic N) is 5. The highest BCUT2D eigenvalue weighted by Gasteiger charge is 2.43. The molecule has 4 aromatic rings. The zero-order valence-corrected chi connectivity index (χ0v) is 21.5. The fourth-order valence-electron chi connectivity index (χ4n) is 3.47. The minimum Gasteiger partial charge on any atom is -0.435 e. The fraction of sp³-hybridized carbons (Fsp3) is 0.115. The van der Waals surface area contributed by atoms with Crippen molar-refractivity contribution in [2.24, 2.45) is 7.05 Å². The molecule has 2 aromatic heterocycles. The summed E-state index contributed by atoms with van der Waals surface area (Å²) in [4.78, 5) is 36.7. The number of nitrogens with one attached hydrogen (secondary N) is 2. The Kier molecular flexibility index (Phi) is 8.64. The van der Waals surface area contributed by atoms with Crippen LogP contribution >= 0.6 is 0 Å². The zero-order valence-electron chi connectivity index (χ0n) is 21.5. The molecule has 4 rings (SSSR count). The fourth-order valence-corrected chi connectivity index (χ4v) is 3.47. The van der Waals surface area contributed by atoms with Gasteiger partial charge >= 0.3 is 18.8 Å².